The van der Waals surface area contributed by atoms with Gasteiger partial charge in [-0.3, -0.25) is 4.98 Å². The van der Waals surface area contributed by atoms with Crippen molar-refractivity contribution < 1.29 is 0 Å². The summed E-state index contributed by atoms with van der Waals surface area (Å²) in [5.74, 6) is 0. The predicted molar refractivity (Wildman–Crippen MR) is 88.3 cm³/mol. The molecule has 0 saturated heterocycles. The van der Waals surface area contributed by atoms with Crippen LogP contribution in [0.5, 0.6) is 0 Å². The van der Waals surface area contributed by atoms with Crippen molar-refractivity contribution in [2.45, 2.75) is 53.4 Å². The van der Waals surface area contributed by atoms with Gasteiger partial charge in [-0.15, -0.1) is 0 Å². The van der Waals surface area contributed by atoms with Crippen molar-refractivity contribution in [3.63, 3.8) is 0 Å². The number of pyridine rings is 1. The Hall–Kier alpha value is -1.02. The number of aryl methyl sites for hydroxylation is 2. The highest BCUT2D eigenvalue weighted by atomic mass is 32.2. The smallest absolute Gasteiger partial charge is 0.0768 e. The molecule has 1 heterocycles. The molecule has 0 unspecified atom stereocenters. The minimum absolute atomic E-state index is 1.02. The maximum Gasteiger partial charge on any atom is 0.0768 e. The van der Waals surface area contributed by atoms with E-state index in [0.717, 1.165) is 35.6 Å². The van der Waals surface area contributed by atoms with Crippen LogP contribution < -0.4 is 0 Å². The first kappa shape index (κ1) is 16.0. The van der Waals surface area contributed by atoms with E-state index >= 15 is 0 Å². The summed E-state index contributed by atoms with van der Waals surface area (Å²) in [6.07, 6.45) is 4.62. The first-order valence-electron chi connectivity index (χ1n) is 7.06. The zero-order chi connectivity index (χ0) is 14.3. The van der Waals surface area contributed by atoms with Gasteiger partial charge in [0.05, 0.1) is 5.69 Å². The van der Waals surface area contributed by atoms with Gasteiger partial charge in [0, 0.05) is 10.6 Å². The molecule has 0 bridgehead atoms. The molecule has 0 radical (unpaired) electrons. The van der Waals surface area contributed by atoms with E-state index in [2.05, 4.69) is 56.8 Å². The van der Waals surface area contributed by atoms with E-state index in [-0.39, 0.29) is 0 Å². The fourth-order valence-electron chi connectivity index (χ4n) is 2.00. The van der Waals surface area contributed by atoms with Crippen LogP contribution in [0.4, 0.5) is 0 Å². The van der Waals surface area contributed by atoms with Crippen LogP contribution in [0, 0.1) is 6.92 Å². The van der Waals surface area contributed by atoms with Crippen LogP contribution in [-0.2, 0) is 6.42 Å². The first-order chi connectivity index (χ1) is 9.06. The Morgan fingerprint density at radius 3 is 2.68 bits per heavy atom. The van der Waals surface area contributed by atoms with Gasteiger partial charge in [-0.1, -0.05) is 50.6 Å². The first-order valence-corrected chi connectivity index (χ1v) is 7.93. The van der Waals surface area contributed by atoms with Crippen LogP contribution in [0.15, 0.2) is 29.7 Å². The minimum Gasteiger partial charge on any atom is -0.253 e. The molecule has 0 aliphatic heterocycles. The second kappa shape index (κ2) is 8.21. The summed E-state index contributed by atoms with van der Waals surface area (Å²) in [6, 6.07) is 4.35. The lowest BCUT2D eigenvalue weighted by molar-refractivity contribution is 0.908. The van der Waals surface area contributed by atoms with E-state index < -0.39 is 0 Å². The molecule has 0 aliphatic rings. The molecule has 1 aromatic heterocycles. The van der Waals surface area contributed by atoms with Gasteiger partial charge in [0.25, 0.3) is 0 Å². The Kier molecular flexibility index (Phi) is 6.93. The standard InChI is InChI=1S/C17H25NS/c1-6-8-13(3)12-19-15(5)17-11-16(9-7-2)10-14(4)18-17/h10-12H,5-9H2,1-4H3/b13-12-. The second-order valence-corrected chi connectivity index (χ2v) is 5.97. The molecule has 0 atom stereocenters. The van der Waals surface area contributed by atoms with Gasteiger partial charge >= 0.3 is 0 Å². The zero-order valence-electron chi connectivity index (χ0n) is 12.6. The fourth-order valence-corrected chi connectivity index (χ4v) is 2.69. The average Bonchev–Trinajstić information content (AvgIpc) is 2.36. The molecule has 0 saturated carbocycles. The predicted octanol–water partition coefficient (Wildman–Crippen LogP) is 5.75. The largest absolute Gasteiger partial charge is 0.253 e. The fraction of sp³-hybridized carbons (Fsp3) is 0.471. The molecule has 0 amide bonds. The second-order valence-electron chi connectivity index (χ2n) is 5.01. The van der Waals surface area contributed by atoms with Crippen LogP contribution in [0.3, 0.4) is 0 Å². The number of aromatic nitrogens is 1. The van der Waals surface area contributed by atoms with Crippen molar-refractivity contribution in [3.05, 3.63) is 46.6 Å². The average molecular weight is 275 g/mol. The van der Waals surface area contributed by atoms with Crippen molar-refractivity contribution in [3.8, 4) is 0 Å². The molecule has 19 heavy (non-hydrogen) atoms. The van der Waals surface area contributed by atoms with Crippen LogP contribution in [0.2, 0.25) is 0 Å². The molecule has 0 aliphatic carbocycles. The van der Waals surface area contributed by atoms with Gasteiger partial charge in [-0.2, -0.15) is 0 Å². The molecular formula is C17H25NS. The topological polar surface area (TPSA) is 12.9 Å². The maximum absolute atomic E-state index is 4.59. The number of thioether (sulfide) groups is 1. The summed E-state index contributed by atoms with van der Waals surface area (Å²) in [5, 5.41) is 2.20. The monoisotopic (exact) mass is 275 g/mol. The van der Waals surface area contributed by atoms with E-state index in [4.69, 9.17) is 0 Å². The molecule has 1 aromatic rings. The number of hydrogen-bond donors (Lipinski definition) is 0. The molecule has 0 aromatic carbocycles. The van der Waals surface area contributed by atoms with Crippen LogP contribution >= 0.6 is 11.8 Å². The highest BCUT2D eigenvalue weighted by Gasteiger charge is 2.04. The Balaban J connectivity index is 2.79. The summed E-state index contributed by atoms with van der Waals surface area (Å²) in [4.78, 5) is 5.63. The Morgan fingerprint density at radius 1 is 1.32 bits per heavy atom. The van der Waals surface area contributed by atoms with Gasteiger partial charge in [-0.25, -0.2) is 0 Å². The Morgan fingerprint density at radius 2 is 2.05 bits per heavy atom. The molecule has 0 spiro atoms. The van der Waals surface area contributed by atoms with E-state index in [1.54, 1.807) is 11.8 Å². The van der Waals surface area contributed by atoms with E-state index in [0.29, 0.717) is 0 Å². The Labute approximate surface area is 122 Å². The van der Waals surface area contributed by atoms with Crippen molar-refractivity contribution >= 4 is 16.7 Å². The third-order valence-corrected chi connectivity index (χ3v) is 3.90. The molecule has 0 fully saturated rings. The van der Waals surface area contributed by atoms with Gasteiger partial charge in [0.1, 0.15) is 0 Å². The summed E-state index contributed by atoms with van der Waals surface area (Å²) >= 11 is 1.69. The lowest BCUT2D eigenvalue weighted by Crippen LogP contribution is -1.93. The van der Waals surface area contributed by atoms with Gasteiger partial charge in [-0.05, 0) is 49.8 Å². The molecule has 1 nitrogen and oxygen atoms in total. The Bertz CT molecular complexity index is 460. The van der Waals surface area contributed by atoms with Crippen LogP contribution in [-0.4, -0.2) is 4.98 Å². The number of nitrogens with zero attached hydrogens (tertiary/aromatic N) is 1. The SMILES string of the molecule is C=C(S/C=C(/C)CCC)c1cc(CCC)cc(C)n1. The summed E-state index contributed by atoms with van der Waals surface area (Å²) in [6.45, 7) is 12.8. The van der Waals surface area contributed by atoms with Gasteiger partial charge < -0.3 is 0 Å². The normalized spacial score (nSPS) is 11.7. The quantitative estimate of drug-likeness (QED) is 0.628. The molecule has 2 heteroatoms. The van der Waals surface area contributed by atoms with Gasteiger partial charge in [0.15, 0.2) is 0 Å². The molecular weight excluding hydrogens is 250 g/mol. The third kappa shape index (κ3) is 5.65. The summed E-state index contributed by atoms with van der Waals surface area (Å²) in [7, 11) is 0. The maximum atomic E-state index is 4.59. The van der Waals surface area contributed by atoms with Crippen molar-refractivity contribution in [1.82, 2.24) is 4.98 Å². The summed E-state index contributed by atoms with van der Waals surface area (Å²) in [5.41, 5.74) is 4.88. The number of allylic oxidation sites excluding steroid dienone is 1. The van der Waals surface area contributed by atoms with Crippen molar-refractivity contribution in [2.75, 3.05) is 0 Å². The highest BCUT2D eigenvalue weighted by molar-refractivity contribution is 8.10. The lowest BCUT2D eigenvalue weighted by Gasteiger charge is -2.07. The lowest BCUT2D eigenvalue weighted by atomic mass is 10.1. The summed E-state index contributed by atoms with van der Waals surface area (Å²) < 4.78 is 0. The number of rotatable bonds is 7. The van der Waals surface area contributed by atoms with E-state index in [9.17, 15) is 0 Å². The van der Waals surface area contributed by atoms with E-state index in [1.807, 2.05) is 0 Å². The van der Waals surface area contributed by atoms with Crippen LogP contribution in [0.1, 0.15) is 57.0 Å². The van der Waals surface area contributed by atoms with Gasteiger partial charge in [0.2, 0.25) is 0 Å². The molecule has 1 rings (SSSR count). The third-order valence-electron chi connectivity index (χ3n) is 2.88. The highest BCUT2D eigenvalue weighted by Crippen LogP contribution is 2.28. The molecule has 104 valence electrons. The molecule has 0 N–H and O–H groups in total. The van der Waals surface area contributed by atoms with Crippen molar-refractivity contribution in [1.29, 1.82) is 0 Å². The minimum atomic E-state index is 1.02. The van der Waals surface area contributed by atoms with Crippen LogP contribution in [0.25, 0.3) is 4.91 Å². The van der Waals surface area contributed by atoms with E-state index in [1.165, 1.54) is 17.6 Å². The number of hydrogen-bond acceptors (Lipinski definition) is 2. The van der Waals surface area contributed by atoms with Crippen molar-refractivity contribution in [2.24, 2.45) is 0 Å². The zero-order valence-corrected chi connectivity index (χ0v) is 13.4.